The second-order valence-corrected chi connectivity index (χ2v) is 6.60. The number of rotatable bonds is 1. The van der Waals surface area contributed by atoms with E-state index in [1.54, 1.807) is 12.1 Å². The van der Waals surface area contributed by atoms with Crippen LogP contribution in [-0.4, -0.2) is 53.1 Å². The smallest absolute Gasteiger partial charge is 0.262 e. The third-order valence-corrected chi connectivity index (χ3v) is 4.96. The molecule has 0 radical (unpaired) electrons. The Balaban J connectivity index is 1.71. The van der Waals surface area contributed by atoms with E-state index in [4.69, 9.17) is 0 Å². The van der Waals surface area contributed by atoms with Crippen molar-refractivity contribution in [3.05, 3.63) is 34.4 Å². The fourth-order valence-electron chi connectivity index (χ4n) is 3.67. The molecule has 0 aromatic heterocycles. The number of fused-ring (bicyclic) bond motifs is 2. The Morgan fingerprint density at radius 1 is 1.00 bits per heavy atom. The standard InChI is InChI=1S/C17H17N3O4/c1-19-5-4-9-6-11-12(7-10(9)8-19)17(24)20(16(11)23)13-2-3-14(21)18-15(13)22/h6-7,13H,2-5,8H2,1H3,(H,18,21,22)/t13-/m0/s1. The highest BCUT2D eigenvalue weighted by Gasteiger charge is 2.45. The lowest BCUT2D eigenvalue weighted by Crippen LogP contribution is -2.54. The van der Waals surface area contributed by atoms with Gasteiger partial charge in [0.2, 0.25) is 11.8 Å². The lowest BCUT2D eigenvalue weighted by Gasteiger charge is -2.27. The summed E-state index contributed by atoms with van der Waals surface area (Å²) in [6, 6.07) is 2.67. The first-order valence-electron chi connectivity index (χ1n) is 8.01. The summed E-state index contributed by atoms with van der Waals surface area (Å²) in [5, 5.41) is 2.20. The van der Waals surface area contributed by atoms with Crippen LogP contribution >= 0.6 is 0 Å². The van der Waals surface area contributed by atoms with Crippen molar-refractivity contribution in [1.82, 2.24) is 15.1 Å². The molecule has 0 bridgehead atoms. The molecule has 3 aliphatic heterocycles. The minimum atomic E-state index is -0.908. The van der Waals surface area contributed by atoms with Gasteiger partial charge >= 0.3 is 0 Å². The van der Waals surface area contributed by atoms with E-state index in [2.05, 4.69) is 10.2 Å². The quantitative estimate of drug-likeness (QED) is 0.738. The lowest BCUT2D eigenvalue weighted by atomic mass is 9.94. The summed E-state index contributed by atoms with van der Waals surface area (Å²) in [6.07, 6.45) is 1.14. The van der Waals surface area contributed by atoms with Gasteiger partial charge in [0.25, 0.3) is 11.8 Å². The molecule has 1 aromatic rings. The number of amides is 4. The van der Waals surface area contributed by atoms with Gasteiger partial charge in [0.15, 0.2) is 0 Å². The van der Waals surface area contributed by atoms with E-state index in [9.17, 15) is 19.2 Å². The first-order chi connectivity index (χ1) is 11.5. The number of imide groups is 2. The van der Waals surface area contributed by atoms with Crippen molar-refractivity contribution in [3.63, 3.8) is 0 Å². The molecule has 3 aliphatic rings. The van der Waals surface area contributed by atoms with Gasteiger partial charge in [-0.25, -0.2) is 0 Å². The molecular formula is C17H17N3O4. The van der Waals surface area contributed by atoms with E-state index in [0.717, 1.165) is 35.5 Å². The van der Waals surface area contributed by atoms with Gasteiger partial charge in [-0.1, -0.05) is 0 Å². The van der Waals surface area contributed by atoms with Gasteiger partial charge in [-0.2, -0.15) is 0 Å². The molecule has 0 unspecified atom stereocenters. The molecular weight excluding hydrogens is 310 g/mol. The highest BCUT2D eigenvalue weighted by molar-refractivity contribution is 6.23. The summed E-state index contributed by atoms with van der Waals surface area (Å²) in [6.45, 7) is 1.65. The summed E-state index contributed by atoms with van der Waals surface area (Å²) < 4.78 is 0. The Morgan fingerprint density at radius 3 is 2.33 bits per heavy atom. The average molecular weight is 327 g/mol. The summed E-state index contributed by atoms with van der Waals surface area (Å²) in [5.74, 6) is -1.83. The monoisotopic (exact) mass is 327 g/mol. The molecule has 1 fully saturated rings. The minimum Gasteiger partial charge on any atom is -0.302 e. The van der Waals surface area contributed by atoms with E-state index in [-0.39, 0.29) is 18.7 Å². The van der Waals surface area contributed by atoms with Gasteiger partial charge in [-0.15, -0.1) is 0 Å². The van der Waals surface area contributed by atoms with Crippen molar-refractivity contribution in [2.24, 2.45) is 0 Å². The van der Waals surface area contributed by atoms with Crippen LogP contribution in [0.2, 0.25) is 0 Å². The first kappa shape index (κ1) is 15.0. The highest BCUT2D eigenvalue weighted by Crippen LogP contribution is 2.31. The minimum absolute atomic E-state index is 0.130. The van der Waals surface area contributed by atoms with E-state index in [1.165, 1.54) is 0 Å². The molecule has 7 nitrogen and oxygen atoms in total. The molecule has 1 saturated heterocycles. The zero-order chi connectivity index (χ0) is 17.0. The number of piperidine rings is 1. The fourth-order valence-corrected chi connectivity index (χ4v) is 3.67. The fraction of sp³-hybridized carbons (Fsp3) is 0.412. The molecule has 1 aromatic carbocycles. The van der Waals surface area contributed by atoms with Crippen molar-refractivity contribution in [3.8, 4) is 0 Å². The zero-order valence-corrected chi connectivity index (χ0v) is 13.3. The molecule has 3 heterocycles. The van der Waals surface area contributed by atoms with Gasteiger partial charge in [-0.3, -0.25) is 29.4 Å². The maximum atomic E-state index is 12.7. The third-order valence-electron chi connectivity index (χ3n) is 4.96. The van der Waals surface area contributed by atoms with Gasteiger partial charge in [-0.05, 0) is 43.1 Å². The number of likely N-dealkylation sites (N-methyl/N-ethyl adjacent to an activating group) is 1. The Hall–Kier alpha value is -2.54. The van der Waals surface area contributed by atoms with Crippen LogP contribution in [0.5, 0.6) is 0 Å². The van der Waals surface area contributed by atoms with Crippen LogP contribution in [0, 0.1) is 0 Å². The predicted molar refractivity (Wildman–Crippen MR) is 83.2 cm³/mol. The highest BCUT2D eigenvalue weighted by atomic mass is 16.2. The molecule has 4 rings (SSSR count). The summed E-state index contributed by atoms with van der Waals surface area (Å²) in [7, 11) is 2.01. The van der Waals surface area contributed by atoms with Crippen LogP contribution in [0.25, 0.3) is 0 Å². The predicted octanol–water partition coefficient (Wildman–Crippen LogP) is 0.0757. The molecule has 7 heteroatoms. The largest absolute Gasteiger partial charge is 0.302 e. The molecule has 0 spiro atoms. The van der Waals surface area contributed by atoms with Crippen LogP contribution in [0.1, 0.15) is 44.7 Å². The average Bonchev–Trinajstić information content (AvgIpc) is 2.77. The SMILES string of the molecule is CN1CCc2cc3c(cc2C1)C(=O)N([C@H]1CCC(=O)NC1=O)C3=O. The number of hydrogen-bond donors (Lipinski definition) is 1. The molecule has 124 valence electrons. The van der Waals surface area contributed by atoms with E-state index >= 15 is 0 Å². The normalized spacial score (nSPS) is 24.0. The summed E-state index contributed by atoms with van der Waals surface area (Å²) in [5.41, 5.74) is 2.86. The molecule has 0 aliphatic carbocycles. The second kappa shape index (κ2) is 5.24. The molecule has 1 N–H and O–H groups in total. The first-order valence-corrected chi connectivity index (χ1v) is 8.01. The van der Waals surface area contributed by atoms with Gasteiger partial charge < -0.3 is 4.90 Å². The van der Waals surface area contributed by atoms with Crippen molar-refractivity contribution in [2.45, 2.75) is 31.8 Å². The Labute approximate surface area is 138 Å². The van der Waals surface area contributed by atoms with Crippen LogP contribution in [0.3, 0.4) is 0 Å². The van der Waals surface area contributed by atoms with Gasteiger partial charge in [0.05, 0.1) is 11.1 Å². The molecule has 24 heavy (non-hydrogen) atoms. The topological polar surface area (TPSA) is 86.8 Å². The molecule has 4 amide bonds. The Kier molecular flexibility index (Phi) is 3.28. The zero-order valence-electron chi connectivity index (χ0n) is 13.3. The van der Waals surface area contributed by atoms with Crippen molar-refractivity contribution in [2.75, 3.05) is 13.6 Å². The molecule has 0 saturated carbocycles. The van der Waals surface area contributed by atoms with Crippen molar-refractivity contribution >= 4 is 23.6 Å². The van der Waals surface area contributed by atoms with Gasteiger partial charge in [0, 0.05) is 19.5 Å². The van der Waals surface area contributed by atoms with Crippen molar-refractivity contribution in [1.29, 1.82) is 0 Å². The van der Waals surface area contributed by atoms with Crippen LogP contribution in [-0.2, 0) is 22.6 Å². The van der Waals surface area contributed by atoms with Crippen LogP contribution in [0.4, 0.5) is 0 Å². The van der Waals surface area contributed by atoms with Crippen LogP contribution < -0.4 is 5.32 Å². The maximum absolute atomic E-state index is 12.7. The second-order valence-electron chi connectivity index (χ2n) is 6.60. The number of benzene rings is 1. The third kappa shape index (κ3) is 2.16. The number of carbonyl (C=O) groups excluding carboxylic acids is 4. The maximum Gasteiger partial charge on any atom is 0.262 e. The van der Waals surface area contributed by atoms with Gasteiger partial charge in [0.1, 0.15) is 6.04 Å². The Bertz CT molecular complexity index is 801. The summed E-state index contributed by atoms with van der Waals surface area (Å²) >= 11 is 0. The van der Waals surface area contributed by atoms with E-state index in [0.29, 0.717) is 11.1 Å². The number of carbonyl (C=O) groups is 4. The summed E-state index contributed by atoms with van der Waals surface area (Å²) in [4.78, 5) is 52.0. The number of nitrogens with zero attached hydrogens (tertiary/aromatic N) is 2. The van der Waals surface area contributed by atoms with Crippen LogP contribution in [0.15, 0.2) is 12.1 Å². The Morgan fingerprint density at radius 2 is 1.67 bits per heavy atom. The molecule has 1 atom stereocenters. The van der Waals surface area contributed by atoms with Crippen molar-refractivity contribution < 1.29 is 19.2 Å². The lowest BCUT2D eigenvalue weighted by molar-refractivity contribution is -0.136. The van der Waals surface area contributed by atoms with E-state index in [1.807, 2.05) is 7.05 Å². The number of hydrogen-bond acceptors (Lipinski definition) is 5. The number of nitrogens with one attached hydrogen (secondary N) is 1. The van der Waals surface area contributed by atoms with E-state index < -0.39 is 23.8 Å².